The van der Waals surface area contributed by atoms with E-state index in [9.17, 15) is 9.59 Å². The molecule has 0 aliphatic rings. The summed E-state index contributed by atoms with van der Waals surface area (Å²) >= 11 is -0.477. The zero-order valence-electron chi connectivity index (χ0n) is 14.1. The molecule has 0 heterocycles. The Labute approximate surface area is 149 Å². The molecule has 0 rings (SSSR count). The van der Waals surface area contributed by atoms with E-state index in [-0.39, 0.29) is 25.2 Å². The minimum atomic E-state index is -0.477. The quantitative estimate of drug-likeness (QED) is 0.149. The number of rotatable bonds is 14. The van der Waals surface area contributed by atoms with Gasteiger partial charge < -0.3 is 0 Å². The van der Waals surface area contributed by atoms with Crippen molar-refractivity contribution in [2.24, 2.45) is 11.8 Å². The number of hydrogen-bond acceptors (Lipinski definition) is 6. The number of hydrogen-bond donors (Lipinski definition) is 2. The summed E-state index contributed by atoms with van der Waals surface area (Å²) in [5, 5.41) is 17.6. The molecule has 2 N–H and O–H groups in total. The first-order chi connectivity index (χ1) is 11.0. The van der Waals surface area contributed by atoms with Crippen LogP contribution >= 0.6 is 0 Å². The number of esters is 2. The molecule has 0 saturated heterocycles. The first-order valence-electron chi connectivity index (χ1n) is 8.06. The molecule has 0 aromatic carbocycles. The normalized spacial score (nSPS) is 13.6. The van der Waals surface area contributed by atoms with Crippen LogP contribution in [-0.4, -0.2) is 44.6 Å². The Morgan fingerprint density at radius 1 is 0.826 bits per heavy atom. The Bertz CT molecular complexity index is 294. The number of aliphatic hydroxyl groups is 2. The van der Waals surface area contributed by atoms with Crippen molar-refractivity contribution in [3.63, 3.8) is 0 Å². The first kappa shape index (κ1) is 22.6. The van der Waals surface area contributed by atoms with Crippen LogP contribution in [0.15, 0.2) is 0 Å². The Kier molecular flexibility index (Phi) is 14.9. The van der Waals surface area contributed by atoms with Crippen molar-refractivity contribution >= 4 is 11.9 Å². The van der Waals surface area contributed by atoms with Crippen molar-refractivity contribution in [1.29, 1.82) is 0 Å². The molecule has 0 aliphatic carbocycles. The van der Waals surface area contributed by atoms with Crippen LogP contribution in [0.1, 0.15) is 52.4 Å². The van der Waals surface area contributed by atoms with Gasteiger partial charge in [-0.25, -0.2) is 0 Å². The van der Waals surface area contributed by atoms with Crippen molar-refractivity contribution in [3.8, 4) is 0 Å². The van der Waals surface area contributed by atoms with E-state index in [0.717, 1.165) is 12.8 Å². The molecule has 0 aromatic heterocycles. The van der Waals surface area contributed by atoms with Gasteiger partial charge in [-0.3, -0.25) is 0 Å². The number of halogens is 1. The van der Waals surface area contributed by atoms with E-state index in [1.807, 2.05) is 13.8 Å². The van der Waals surface area contributed by atoms with Crippen LogP contribution < -0.4 is 21.2 Å². The van der Waals surface area contributed by atoms with Gasteiger partial charge in [0.1, 0.15) is 0 Å². The van der Waals surface area contributed by atoms with Crippen molar-refractivity contribution in [1.82, 2.24) is 0 Å². The molecule has 0 spiro atoms. The van der Waals surface area contributed by atoms with Crippen LogP contribution in [0.3, 0.4) is 0 Å². The number of aliphatic hydroxyl groups excluding tert-OH is 2. The fraction of sp³-hybridized carbons (Fsp3) is 0.875. The number of carbonyl (C=O) groups is 2. The molecule has 7 heteroatoms. The summed E-state index contributed by atoms with van der Waals surface area (Å²) in [6.45, 7) is 4.28. The van der Waals surface area contributed by atoms with Crippen LogP contribution in [0, 0.1) is 11.8 Å². The number of ether oxygens (including phenoxy) is 2. The molecule has 0 aliphatic heterocycles. The molecule has 0 aromatic rings. The second-order valence-electron chi connectivity index (χ2n) is 5.75. The first-order valence-corrected chi connectivity index (χ1v) is 11.1. The number of alkyl halides is 2. The molecular weight excluding hydrogens is 415 g/mol. The summed E-state index contributed by atoms with van der Waals surface area (Å²) in [4.78, 5) is 23.0. The van der Waals surface area contributed by atoms with Crippen LogP contribution in [0.2, 0.25) is 0 Å². The Morgan fingerprint density at radius 3 is 1.57 bits per heavy atom. The van der Waals surface area contributed by atoms with Crippen LogP contribution in [0.5, 0.6) is 0 Å². The van der Waals surface area contributed by atoms with Gasteiger partial charge in [-0.2, -0.15) is 0 Å². The second kappa shape index (κ2) is 15.1. The molecule has 23 heavy (non-hydrogen) atoms. The minimum absolute atomic E-state index is 0.145. The molecule has 0 radical (unpaired) electrons. The standard InChI is InChI=1S/C16H30IO6/c1-13(7-9-18)3-5-15(20)22-11-17-12-23-16(21)6-4-14(2)8-10-19/h13-14,18-19H,3-12H2,1-2H3/q-1. The monoisotopic (exact) mass is 445 g/mol. The summed E-state index contributed by atoms with van der Waals surface area (Å²) in [5.41, 5.74) is 0. The van der Waals surface area contributed by atoms with E-state index >= 15 is 0 Å². The molecule has 6 nitrogen and oxygen atoms in total. The van der Waals surface area contributed by atoms with Gasteiger partial charge in [0.15, 0.2) is 0 Å². The maximum absolute atomic E-state index is 11.5. The summed E-state index contributed by atoms with van der Waals surface area (Å²) < 4.78 is 10.9. The van der Waals surface area contributed by atoms with Gasteiger partial charge in [-0.15, -0.1) is 0 Å². The van der Waals surface area contributed by atoms with E-state index in [1.54, 1.807) is 0 Å². The van der Waals surface area contributed by atoms with Crippen molar-refractivity contribution < 1.29 is 50.5 Å². The summed E-state index contributed by atoms with van der Waals surface area (Å²) in [5.74, 6) is 0.185. The fourth-order valence-corrected chi connectivity index (χ4v) is 3.15. The molecule has 2 atom stereocenters. The van der Waals surface area contributed by atoms with Gasteiger partial charge in [0.25, 0.3) is 0 Å². The molecule has 0 bridgehead atoms. The fourth-order valence-electron chi connectivity index (χ4n) is 1.83. The summed E-state index contributed by atoms with van der Waals surface area (Å²) in [6.07, 6.45) is 3.58. The second-order valence-corrected chi connectivity index (χ2v) is 8.08. The predicted octanol–water partition coefficient (Wildman–Crippen LogP) is -1.33. The van der Waals surface area contributed by atoms with E-state index in [4.69, 9.17) is 19.7 Å². The Balaban J connectivity index is 3.50. The van der Waals surface area contributed by atoms with Gasteiger partial charge in [0.05, 0.1) is 0 Å². The molecule has 0 amide bonds. The summed E-state index contributed by atoms with van der Waals surface area (Å²) in [6, 6.07) is 0. The van der Waals surface area contributed by atoms with Crippen molar-refractivity contribution in [2.45, 2.75) is 52.4 Å². The third-order valence-electron chi connectivity index (χ3n) is 3.51. The van der Waals surface area contributed by atoms with Gasteiger partial charge in [0, 0.05) is 0 Å². The van der Waals surface area contributed by atoms with Crippen molar-refractivity contribution in [2.75, 3.05) is 22.4 Å². The SMILES string of the molecule is CC(CCO)CCC(=O)OC[I-]COC(=O)CCC(C)CCO. The van der Waals surface area contributed by atoms with E-state index < -0.39 is 21.2 Å². The average Bonchev–Trinajstić information content (AvgIpc) is 2.51. The zero-order valence-corrected chi connectivity index (χ0v) is 16.3. The van der Waals surface area contributed by atoms with E-state index in [0.29, 0.717) is 46.7 Å². The Hall–Kier alpha value is -0.410. The van der Waals surface area contributed by atoms with Gasteiger partial charge in [-0.1, -0.05) is 0 Å². The van der Waals surface area contributed by atoms with Crippen LogP contribution in [0.4, 0.5) is 0 Å². The number of carbonyl (C=O) groups excluding carboxylic acids is 2. The van der Waals surface area contributed by atoms with E-state index in [2.05, 4.69) is 0 Å². The van der Waals surface area contributed by atoms with E-state index in [1.165, 1.54) is 0 Å². The zero-order chi connectivity index (χ0) is 17.5. The third-order valence-corrected chi connectivity index (χ3v) is 5.02. The van der Waals surface area contributed by atoms with Gasteiger partial charge in [0.2, 0.25) is 0 Å². The molecule has 0 saturated carbocycles. The van der Waals surface area contributed by atoms with Crippen molar-refractivity contribution in [3.05, 3.63) is 0 Å². The van der Waals surface area contributed by atoms with Gasteiger partial charge in [-0.05, 0) is 0 Å². The maximum atomic E-state index is 11.5. The molecule has 2 unspecified atom stereocenters. The predicted molar refractivity (Wildman–Crippen MR) is 82.1 cm³/mol. The van der Waals surface area contributed by atoms with Crippen LogP contribution in [0.25, 0.3) is 0 Å². The Morgan fingerprint density at radius 2 is 1.22 bits per heavy atom. The molecule has 138 valence electrons. The van der Waals surface area contributed by atoms with Crippen LogP contribution in [-0.2, 0) is 19.1 Å². The average molecular weight is 445 g/mol. The topological polar surface area (TPSA) is 93.1 Å². The third kappa shape index (κ3) is 14.9. The van der Waals surface area contributed by atoms with Gasteiger partial charge >= 0.3 is 149 Å². The molecular formula is C16H30IO6-. The molecule has 0 fully saturated rings. The summed E-state index contributed by atoms with van der Waals surface area (Å²) in [7, 11) is 0.